The first-order valence-corrected chi connectivity index (χ1v) is 5.49. The maximum absolute atomic E-state index is 14.3. The van der Waals surface area contributed by atoms with Gasteiger partial charge in [-0.3, -0.25) is 0 Å². The lowest BCUT2D eigenvalue weighted by molar-refractivity contribution is -0.577. The van der Waals surface area contributed by atoms with Crippen molar-refractivity contribution in [2.24, 2.45) is 0 Å². The molecule has 3 rings (SSSR count). The molecule has 2 aliphatic rings. The minimum Gasteiger partial charge on any atom is -0.396 e. The monoisotopic (exact) mass is 232 g/mol. The zero-order chi connectivity index (χ0) is 12.0. The van der Waals surface area contributed by atoms with E-state index in [-0.39, 0.29) is 0 Å². The molecule has 2 aliphatic heterocycles. The molecule has 0 aromatic carbocycles. The fourth-order valence-electron chi connectivity index (χ4n) is 2.36. The summed E-state index contributed by atoms with van der Waals surface area (Å²) >= 11 is 0. The van der Waals surface area contributed by atoms with Crippen LogP contribution in [0.1, 0.15) is 12.6 Å². The highest BCUT2D eigenvalue weighted by atomic mass is 19.2. The number of hydrogen-bond acceptors (Lipinski definition) is 1. The van der Waals surface area contributed by atoms with Crippen LogP contribution in [0, 0.1) is 0 Å². The summed E-state index contributed by atoms with van der Waals surface area (Å²) in [5.41, 5.74) is 2.01. The molecule has 0 saturated heterocycles. The summed E-state index contributed by atoms with van der Waals surface area (Å²) in [5.74, 6) is 0. The Labute approximate surface area is 98.2 Å². The second kappa shape index (κ2) is 3.29. The second-order valence-electron chi connectivity index (χ2n) is 4.20. The Kier molecular flexibility index (Phi) is 1.99. The molecule has 0 saturated carbocycles. The summed E-state index contributed by atoms with van der Waals surface area (Å²) in [6, 6.07) is 5.13. The summed E-state index contributed by atoms with van der Waals surface area (Å²) in [6.45, 7) is -1.92. The van der Waals surface area contributed by atoms with E-state index in [4.69, 9.17) is 0 Å². The Bertz CT molecular complexity index is 576. The van der Waals surface area contributed by atoms with E-state index in [1.54, 1.807) is 36.4 Å². The van der Waals surface area contributed by atoms with Crippen LogP contribution in [0.2, 0.25) is 0 Å². The third-order valence-corrected chi connectivity index (χ3v) is 3.22. The van der Waals surface area contributed by atoms with Gasteiger partial charge in [-0.1, -0.05) is 12.1 Å². The van der Waals surface area contributed by atoms with Crippen LogP contribution >= 0.6 is 0 Å². The maximum atomic E-state index is 14.3. The number of halogens is 2. The minimum atomic E-state index is -3.78. The Morgan fingerprint density at radius 1 is 1.24 bits per heavy atom. The number of pyridine rings is 1. The molecule has 86 valence electrons. The molecule has 0 aliphatic carbocycles. The number of fused-ring (bicyclic) bond motifs is 2. The first kappa shape index (κ1) is 10.3. The van der Waals surface area contributed by atoms with Crippen molar-refractivity contribution >= 4 is 12.5 Å². The summed E-state index contributed by atoms with van der Waals surface area (Å²) in [5, 5.41) is 0. The van der Waals surface area contributed by atoms with E-state index in [1.165, 1.54) is 12.4 Å². The van der Waals surface area contributed by atoms with Crippen LogP contribution in [-0.4, -0.2) is 11.8 Å². The summed E-state index contributed by atoms with van der Waals surface area (Å²) < 4.78 is 29.7. The van der Waals surface area contributed by atoms with Gasteiger partial charge in [0.15, 0.2) is 5.69 Å². The molecule has 2 nitrogen and oxygen atoms in total. The summed E-state index contributed by atoms with van der Waals surface area (Å²) in [4.78, 5) is 1.06. The van der Waals surface area contributed by atoms with Gasteiger partial charge in [0, 0.05) is 17.3 Å². The number of aromatic nitrogens is 1. The molecule has 0 atom stereocenters. The molecule has 17 heavy (non-hydrogen) atoms. The van der Waals surface area contributed by atoms with Crippen molar-refractivity contribution in [1.29, 1.82) is 0 Å². The van der Waals surface area contributed by atoms with E-state index >= 15 is 0 Å². The predicted molar refractivity (Wildman–Crippen MR) is 62.7 cm³/mol. The van der Waals surface area contributed by atoms with E-state index < -0.39 is 6.97 Å². The second-order valence-corrected chi connectivity index (χ2v) is 4.20. The molecule has 1 aromatic heterocycles. The van der Waals surface area contributed by atoms with E-state index in [1.807, 2.05) is 6.92 Å². The third-order valence-electron chi connectivity index (χ3n) is 3.22. The van der Waals surface area contributed by atoms with Gasteiger partial charge in [-0.15, -0.1) is 0 Å². The molecule has 5 heteroatoms. The maximum Gasteiger partial charge on any atom is 0.736 e. The highest BCUT2D eigenvalue weighted by molar-refractivity contribution is 6.55. The van der Waals surface area contributed by atoms with Crippen LogP contribution in [0.4, 0.5) is 8.63 Å². The Morgan fingerprint density at radius 3 is 2.88 bits per heavy atom. The van der Waals surface area contributed by atoms with Gasteiger partial charge in [0.25, 0.3) is 0 Å². The lowest BCUT2D eigenvalue weighted by atomic mass is 9.84. The van der Waals surface area contributed by atoms with Gasteiger partial charge in [-0.25, -0.2) is 0 Å². The van der Waals surface area contributed by atoms with E-state index in [0.717, 1.165) is 14.9 Å². The third kappa shape index (κ3) is 1.28. The molecule has 0 amide bonds. The standard InChI is InChI=1S/C12H11BF2N2/c1-10-11-6-2-4-8-16(11)13(14,15)17-9-5-3-7-12(10)17/h2-9H,1H3. The average molecular weight is 232 g/mol. The van der Waals surface area contributed by atoms with Gasteiger partial charge in [0.1, 0.15) is 6.20 Å². The highest BCUT2D eigenvalue weighted by Crippen LogP contribution is 2.31. The molecular weight excluding hydrogens is 221 g/mol. The van der Waals surface area contributed by atoms with Crippen molar-refractivity contribution in [3.05, 3.63) is 60.2 Å². The molecule has 0 radical (unpaired) electrons. The molecule has 3 heterocycles. The molecule has 0 spiro atoms. The molecule has 0 unspecified atom stereocenters. The zero-order valence-electron chi connectivity index (χ0n) is 9.35. The number of hydrogen-bond donors (Lipinski definition) is 0. The normalized spacial score (nSPS) is 20.3. The lowest BCUT2D eigenvalue weighted by Gasteiger charge is -2.39. The van der Waals surface area contributed by atoms with Gasteiger partial charge in [-0.05, 0) is 31.3 Å². The smallest absolute Gasteiger partial charge is 0.396 e. The van der Waals surface area contributed by atoms with Crippen molar-refractivity contribution in [3.8, 4) is 0 Å². The lowest BCUT2D eigenvalue weighted by Crippen LogP contribution is -2.70. The van der Waals surface area contributed by atoms with Crippen LogP contribution < -0.4 is 4.48 Å². The first-order chi connectivity index (χ1) is 8.12. The fraction of sp³-hybridized carbons (Fsp3) is 0.0833. The predicted octanol–water partition coefficient (Wildman–Crippen LogP) is 2.33. The van der Waals surface area contributed by atoms with Crippen molar-refractivity contribution < 1.29 is 13.1 Å². The van der Waals surface area contributed by atoms with Gasteiger partial charge in [-0.2, -0.15) is 0 Å². The average Bonchev–Trinajstić information content (AvgIpc) is 2.37. The first-order valence-electron chi connectivity index (χ1n) is 5.49. The zero-order valence-corrected chi connectivity index (χ0v) is 9.35. The number of nitrogens with zero attached hydrogens (tertiary/aromatic N) is 2. The van der Waals surface area contributed by atoms with Gasteiger partial charge >= 0.3 is 6.97 Å². The molecule has 0 fully saturated rings. The van der Waals surface area contributed by atoms with Crippen molar-refractivity contribution in [2.75, 3.05) is 0 Å². The van der Waals surface area contributed by atoms with Crippen LogP contribution in [0.3, 0.4) is 0 Å². The van der Waals surface area contributed by atoms with Crippen molar-refractivity contribution in [1.82, 2.24) is 4.81 Å². The SMILES string of the molecule is CC1=C2C=CC=CN2[B-](F)(F)[n+]2ccccc21. The Hall–Kier alpha value is -1.91. The molecule has 1 aromatic rings. The van der Waals surface area contributed by atoms with Crippen molar-refractivity contribution in [2.45, 2.75) is 6.92 Å². The van der Waals surface area contributed by atoms with Gasteiger partial charge in [0.2, 0.25) is 0 Å². The van der Waals surface area contributed by atoms with Crippen LogP contribution in [0.25, 0.3) is 5.57 Å². The van der Waals surface area contributed by atoms with Gasteiger partial charge in [0.05, 0.1) is 0 Å². The number of allylic oxidation sites excluding steroid dienone is 4. The van der Waals surface area contributed by atoms with E-state index in [9.17, 15) is 8.63 Å². The number of rotatable bonds is 0. The highest BCUT2D eigenvalue weighted by Gasteiger charge is 2.51. The summed E-state index contributed by atoms with van der Waals surface area (Å²) in [7, 11) is 0. The van der Waals surface area contributed by atoms with Gasteiger partial charge < -0.3 is 17.9 Å². The Morgan fingerprint density at radius 2 is 2.06 bits per heavy atom. The fourth-order valence-corrected chi connectivity index (χ4v) is 2.36. The Balaban J connectivity index is 2.33. The minimum absolute atomic E-state index is 0.573. The van der Waals surface area contributed by atoms with Crippen LogP contribution in [0.5, 0.6) is 0 Å². The molecule has 0 N–H and O–H groups in total. The van der Waals surface area contributed by atoms with Crippen LogP contribution in [0.15, 0.2) is 54.5 Å². The quantitative estimate of drug-likeness (QED) is 0.622. The van der Waals surface area contributed by atoms with Crippen LogP contribution in [-0.2, 0) is 0 Å². The van der Waals surface area contributed by atoms with E-state index in [2.05, 4.69) is 0 Å². The molecular formula is C12H11BF2N2. The largest absolute Gasteiger partial charge is 0.736 e. The molecule has 0 bridgehead atoms. The van der Waals surface area contributed by atoms with E-state index in [0.29, 0.717) is 11.4 Å². The summed E-state index contributed by atoms with van der Waals surface area (Å²) in [6.07, 6.45) is 7.99. The van der Waals surface area contributed by atoms with Crippen molar-refractivity contribution in [3.63, 3.8) is 0 Å². The topological polar surface area (TPSA) is 7.12 Å².